The smallest absolute Gasteiger partial charge is 0.258 e. The van der Waals surface area contributed by atoms with E-state index in [2.05, 4.69) is 5.32 Å². The topological polar surface area (TPSA) is 58.6 Å². The van der Waals surface area contributed by atoms with E-state index in [4.69, 9.17) is 4.74 Å². The Balaban J connectivity index is 2.00. The number of hydrogen-bond acceptors (Lipinski definition) is 3. The summed E-state index contributed by atoms with van der Waals surface area (Å²) in [5, 5.41) is 2.93. The van der Waals surface area contributed by atoms with Crippen molar-refractivity contribution < 1.29 is 14.3 Å². The van der Waals surface area contributed by atoms with Gasteiger partial charge in [-0.2, -0.15) is 0 Å². The van der Waals surface area contributed by atoms with Crippen molar-refractivity contribution in [3.8, 4) is 5.75 Å². The van der Waals surface area contributed by atoms with Crippen LogP contribution in [0.25, 0.3) is 5.70 Å². The lowest BCUT2D eigenvalue weighted by molar-refractivity contribution is -0.125. The molecule has 2 aromatic carbocycles. The number of methoxy groups -OCH3 is 1. The van der Waals surface area contributed by atoms with Gasteiger partial charge in [0.25, 0.3) is 5.91 Å². The Bertz CT molecular complexity index is 826. The van der Waals surface area contributed by atoms with E-state index >= 15 is 0 Å². The lowest BCUT2D eigenvalue weighted by atomic mass is 9.97. The molecule has 0 fully saturated rings. The average Bonchev–Trinajstić information content (AvgIpc) is 2.67. The molecule has 3 rings (SSSR count). The molecule has 5 heteroatoms. The van der Waals surface area contributed by atoms with Crippen LogP contribution in [0.4, 0.5) is 0 Å². The molecule has 1 aliphatic rings. The summed E-state index contributed by atoms with van der Waals surface area (Å²) in [6.07, 6.45) is 1.73. The monoisotopic (exact) mass is 350 g/mol. The second-order valence-electron chi connectivity index (χ2n) is 6.53. The highest BCUT2D eigenvalue weighted by Crippen LogP contribution is 2.25. The molecule has 134 valence electrons. The molecular weight excluding hydrogens is 328 g/mol. The third-order valence-corrected chi connectivity index (χ3v) is 4.38. The molecule has 1 N–H and O–H groups in total. The van der Waals surface area contributed by atoms with Crippen molar-refractivity contribution in [2.24, 2.45) is 5.92 Å². The fraction of sp³-hybridized carbons (Fsp3) is 0.238. The molecule has 26 heavy (non-hydrogen) atoms. The lowest BCUT2D eigenvalue weighted by Gasteiger charge is -2.35. The zero-order valence-electron chi connectivity index (χ0n) is 15.1. The molecule has 0 bridgehead atoms. The molecule has 0 aliphatic carbocycles. The minimum absolute atomic E-state index is 0.0224. The summed E-state index contributed by atoms with van der Waals surface area (Å²) >= 11 is 0. The van der Waals surface area contributed by atoms with Crippen LogP contribution in [0.5, 0.6) is 5.75 Å². The summed E-state index contributed by atoms with van der Waals surface area (Å²) in [6, 6.07) is 15.8. The summed E-state index contributed by atoms with van der Waals surface area (Å²) < 4.78 is 5.14. The van der Waals surface area contributed by atoms with Gasteiger partial charge >= 0.3 is 0 Å². The first kappa shape index (κ1) is 17.7. The van der Waals surface area contributed by atoms with Crippen molar-refractivity contribution in [1.29, 1.82) is 0 Å². The molecule has 0 aromatic heterocycles. The van der Waals surface area contributed by atoms with Crippen LogP contribution in [0.2, 0.25) is 0 Å². The van der Waals surface area contributed by atoms with Crippen LogP contribution in [-0.2, 0) is 4.79 Å². The van der Waals surface area contributed by atoms with Crippen LogP contribution in [0, 0.1) is 5.92 Å². The molecular formula is C21H22N2O3. The third kappa shape index (κ3) is 3.47. The quantitative estimate of drug-likeness (QED) is 0.920. The average molecular weight is 350 g/mol. The van der Waals surface area contributed by atoms with Gasteiger partial charge in [0.1, 0.15) is 11.8 Å². The molecule has 0 radical (unpaired) electrons. The van der Waals surface area contributed by atoms with Crippen molar-refractivity contribution in [1.82, 2.24) is 10.2 Å². The van der Waals surface area contributed by atoms with Gasteiger partial charge in [-0.15, -0.1) is 0 Å². The van der Waals surface area contributed by atoms with Crippen LogP contribution in [0.1, 0.15) is 29.8 Å². The minimum atomic E-state index is -0.558. The summed E-state index contributed by atoms with van der Waals surface area (Å²) in [4.78, 5) is 27.3. The SMILES string of the molecule is COc1ccc(C(=O)N2C=C(c3ccccc3)NC(=O)[C@@H]2C(C)C)cc1. The van der Waals surface area contributed by atoms with Crippen LogP contribution >= 0.6 is 0 Å². The Hall–Kier alpha value is -3.08. The van der Waals surface area contributed by atoms with Gasteiger partial charge in [0.2, 0.25) is 5.91 Å². The molecule has 0 unspecified atom stereocenters. The van der Waals surface area contributed by atoms with Crippen LogP contribution < -0.4 is 10.1 Å². The van der Waals surface area contributed by atoms with Crippen molar-refractivity contribution >= 4 is 17.5 Å². The molecule has 2 amide bonds. The van der Waals surface area contributed by atoms with Gasteiger partial charge in [-0.05, 0) is 35.7 Å². The van der Waals surface area contributed by atoms with Crippen molar-refractivity contribution in [3.63, 3.8) is 0 Å². The molecule has 0 saturated carbocycles. The van der Waals surface area contributed by atoms with E-state index in [-0.39, 0.29) is 17.7 Å². The third-order valence-electron chi connectivity index (χ3n) is 4.38. The van der Waals surface area contributed by atoms with E-state index in [1.54, 1.807) is 37.6 Å². The van der Waals surface area contributed by atoms with Gasteiger partial charge in [0.15, 0.2) is 0 Å². The Morgan fingerprint density at radius 3 is 2.31 bits per heavy atom. The number of nitrogens with zero attached hydrogens (tertiary/aromatic N) is 1. The van der Waals surface area contributed by atoms with Gasteiger partial charge in [-0.25, -0.2) is 0 Å². The van der Waals surface area contributed by atoms with E-state index in [9.17, 15) is 9.59 Å². The highest BCUT2D eigenvalue weighted by molar-refractivity contribution is 6.02. The number of rotatable bonds is 4. The second kappa shape index (κ2) is 7.44. The van der Waals surface area contributed by atoms with E-state index in [0.29, 0.717) is 17.0 Å². The number of carbonyl (C=O) groups is 2. The van der Waals surface area contributed by atoms with Gasteiger partial charge in [0.05, 0.1) is 12.8 Å². The Kier molecular flexibility index (Phi) is 5.07. The maximum atomic E-state index is 13.1. The molecule has 1 atom stereocenters. The highest BCUT2D eigenvalue weighted by atomic mass is 16.5. The Morgan fingerprint density at radius 1 is 1.08 bits per heavy atom. The zero-order valence-corrected chi connectivity index (χ0v) is 15.1. The molecule has 0 spiro atoms. The Morgan fingerprint density at radius 2 is 1.73 bits per heavy atom. The van der Waals surface area contributed by atoms with Gasteiger partial charge in [0, 0.05) is 11.8 Å². The molecule has 5 nitrogen and oxygen atoms in total. The summed E-state index contributed by atoms with van der Waals surface area (Å²) in [5.74, 6) is 0.266. The molecule has 1 aliphatic heterocycles. The van der Waals surface area contributed by atoms with Crippen molar-refractivity contribution in [3.05, 3.63) is 71.9 Å². The highest BCUT2D eigenvalue weighted by Gasteiger charge is 2.36. The minimum Gasteiger partial charge on any atom is -0.497 e. The van der Waals surface area contributed by atoms with E-state index in [0.717, 1.165) is 5.56 Å². The van der Waals surface area contributed by atoms with Crippen LogP contribution in [0.15, 0.2) is 60.8 Å². The number of ether oxygens (including phenoxy) is 1. The number of carbonyl (C=O) groups excluding carboxylic acids is 2. The predicted molar refractivity (Wildman–Crippen MR) is 100 cm³/mol. The standard InChI is InChI=1S/C21H22N2O3/c1-14(2)19-20(24)22-18(15-7-5-4-6-8-15)13-23(19)21(25)16-9-11-17(26-3)12-10-16/h4-14,19H,1-3H3,(H,22,24)/t19-/m0/s1. The van der Waals surface area contributed by atoms with Crippen molar-refractivity contribution in [2.75, 3.05) is 7.11 Å². The summed E-state index contributed by atoms with van der Waals surface area (Å²) in [5.41, 5.74) is 1.99. The zero-order chi connectivity index (χ0) is 18.7. The van der Waals surface area contributed by atoms with E-state index in [1.807, 2.05) is 44.2 Å². The fourth-order valence-electron chi connectivity index (χ4n) is 3.04. The summed E-state index contributed by atoms with van der Waals surface area (Å²) in [7, 11) is 1.58. The largest absolute Gasteiger partial charge is 0.497 e. The van der Waals surface area contributed by atoms with E-state index < -0.39 is 6.04 Å². The predicted octanol–water partition coefficient (Wildman–Crippen LogP) is 3.29. The maximum Gasteiger partial charge on any atom is 0.258 e. The van der Waals surface area contributed by atoms with Crippen molar-refractivity contribution in [2.45, 2.75) is 19.9 Å². The Labute approximate surface area is 153 Å². The number of nitrogens with one attached hydrogen (secondary N) is 1. The first-order valence-corrected chi connectivity index (χ1v) is 8.56. The van der Waals surface area contributed by atoms with Crippen LogP contribution in [-0.4, -0.2) is 29.9 Å². The number of hydrogen-bond donors (Lipinski definition) is 1. The number of benzene rings is 2. The normalized spacial score (nSPS) is 16.9. The van der Waals surface area contributed by atoms with Gasteiger partial charge in [-0.3, -0.25) is 9.59 Å². The van der Waals surface area contributed by atoms with Gasteiger partial charge < -0.3 is 15.0 Å². The van der Waals surface area contributed by atoms with Crippen LogP contribution in [0.3, 0.4) is 0 Å². The first-order chi connectivity index (χ1) is 12.5. The first-order valence-electron chi connectivity index (χ1n) is 8.56. The molecule has 2 aromatic rings. The molecule has 1 heterocycles. The van der Waals surface area contributed by atoms with Gasteiger partial charge in [-0.1, -0.05) is 44.2 Å². The summed E-state index contributed by atoms with van der Waals surface area (Å²) in [6.45, 7) is 3.86. The lowest BCUT2D eigenvalue weighted by Crippen LogP contribution is -2.53. The maximum absolute atomic E-state index is 13.1. The second-order valence-corrected chi connectivity index (χ2v) is 6.53. The molecule has 0 saturated heterocycles. The number of amides is 2. The van der Waals surface area contributed by atoms with E-state index in [1.165, 1.54) is 4.90 Å². The fourth-order valence-corrected chi connectivity index (χ4v) is 3.04.